The Hall–Kier alpha value is -0.120. The van der Waals surface area contributed by atoms with E-state index in [4.69, 9.17) is 4.74 Å². The van der Waals surface area contributed by atoms with Crippen LogP contribution < -0.4 is 10.6 Å². The summed E-state index contributed by atoms with van der Waals surface area (Å²) in [6, 6.07) is 0.594. The number of ether oxygens (including phenoxy) is 1. The maximum Gasteiger partial charge on any atom is 0.0598 e. The summed E-state index contributed by atoms with van der Waals surface area (Å²) in [5.41, 5.74) is 0.00208. The van der Waals surface area contributed by atoms with Crippen molar-refractivity contribution >= 4 is 0 Å². The quantitative estimate of drug-likeness (QED) is 0.682. The minimum absolute atomic E-state index is 0.00208. The van der Waals surface area contributed by atoms with Crippen molar-refractivity contribution < 1.29 is 4.74 Å². The largest absolute Gasteiger partial charge is 0.376 e. The van der Waals surface area contributed by atoms with Gasteiger partial charge in [0.05, 0.1) is 5.60 Å². The normalized spacial score (nSPS) is 24.7. The van der Waals surface area contributed by atoms with Crippen LogP contribution in [0.15, 0.2) is 0 Å². The van der Waals surface area contributed by atoms with Gasteiger partial charge in [0.1, 0.15) is 0 Å². The average molecular weight is 186 g/mol. The Balaban J connectivity index is 2.04. The van der Waals surface area contributed by atoms with Crippen LogP contribution in [0.1, 0.15) is 27.2 Å². The first-order valence-electron chi connectivity index (χ1n) is 5.16. The lowest BCUT2D eigenvalue weighted by Gasteiger charge is -2.26. The molecule has 0 saturated carbocycles. The van der Waals surface area contributed by atoms with Crippen LogP contribution in [0.5, 0.6) is 0 Å². The summed E-state index contributed by atoms with van der Waals surface area (Å²) in [4.78, 5) is 0. The molecule has 1 unspecified atom stereocenters. The molecule has 13 heavy (non-hydrogen) atoms. The van der Waals surface area contributed by atoms with Gasteiger partial charge in [0.15, 0.2) is 0 Å². The van der Waals surface area contributed by atoms with Crippen molar-refractivity contribution in [2.75, 3.05) is 26.2 Å². The minimum Gasteiger partial charge on any atom is -0.376 e. The molecule has 78 valence electrons. The van der Waals surface area contributed by atoms with Gasteiger partial charge in [0, 0.05) is 32.3 Å². The molecule has 3 nitrogen and oxygen atoms in total. The number of hydrogen-bond acceptors (Lipinski definition) is 3. The predicted octanol–water partition coefficient (Wildman–Crippen LogP) is 0.753. The molecule has 0 radical (unpaired) electrons. The fraction of sp³-hybridized carbons (Fsp3) is 1.00. The van der Waals surface area contributed by atoms with Gasteiger partial charge in [-0.1, -0.05) is 0 Å². The zero-order valence-corrected chi connectivity index (χ0v) is 9.02. The molecule has 0 aromatic heterocycles. The standard InChI is InChI=1S/C10H22N2O/c1-10(2,3)13-7-4-9-8-11-5-6-12-9/h9,11-12H,4-8H2,1-3H3. The smallest absolute Gasteiger partial charge is 0.0598 e. The molecule has 0 bridgehead atoms. The molecular formula is C10H22N2O. The first-order valence-corrected chi connectivity index (χ1v) is 5.16. The third kappa shape index (κ3) is 5.24. The topological polar surface area (TPSA) is 33.3 Å². The Morgan fingerprint density at radius 1 is 1.31 bits per heavy atom. The SMILES string of the molecule is CC(C)(C)OCCC1CNCCN1. The lowest BCUT2D eigenvalue weighted by atomic mass is 10.1. The Kier molecular flexibility index (Phi) is 4.16. The minimum atomic E-state index is 0.00208. The van der Waals surface area contributed by atoms with E-state index in [1.54, 1.807) is 0 Å². The lowest BCUT2D eigenvalue weighted by Crippen LogP contribution is -2.48. The van der Waals surface area contributed by atoms with Crippen molar-refractivity contribution in [1.29, 1.82) is 0 Å². The molecule has 1 aliphatic rings. The number of hydrogen-bond donors (Lipinski definition) is 2. The summed E-state index contributed by atoms with van der Waals surface area (Å²) in [5.74, 6) is 0. The Morgan fingerprint density at radius 3 is 2.62 bits per heavy atom. The third-order valence-corrected chi connectivity index (χ3v) is 2.13. The van der Waals surface area contributed by atoms with Gasteiger partial charge in [0.25, 0.3) is 0 Å². The first kappa shape index (κ1) is 11.0. The molecule has 1 heterocycles. The molecule has 0 aliphatic carbocycles. The summed E-state index contributed by atoms with van der Waals surface area (Å²) in [7, 11) is 0. The van der Waals surface area contributed by atoms with Gasteiger partial charge in [-0.05, 0) is 27.2 Å². The highest BCUT2D eigenvalue weighted by atomic mass is 16.5. The average Bonchev–Trinajstić information content (AvgIpc) is 2.04. The summed E-state index contributed by atoms with van der Waals surface area (Å²) in [5, 5.41) is 6.83. The molecule has 0 amide bonds. The zero-order valence-electron chi connectivity index (χ0n) is 9.02. The van der Waals surface area contributed by atoms with E-state index in [1.807, 2.05) is 0 Å². The van der Waals surface area contributed by atoms with E-state index in [9.17, 15) is 0 Å². The molecule has 2 N–H and O–H groups in total. The van der Waals surface area contributed by atoms with Gasteiger partial charge in [0.2, 0.25) is 0 Å². The Morgan fingerprint density at radius 2 is 2.08 bits per heavy atom. The molecule has 1 saturated heterocycles. The van der Waals surface area contributed by atoms with Gasteiger partial charge in [-0.3, -0.25) is 0 Å². The van der Waals surface area contributed by atoms with Crippen LogP contribution in [0.25, 0.3) is 0 Å². The van der Waals surface area contributed by atoms with Crippen LogP contribution in [-0.2, 0) is 4.74 Å². The maximum absolute atomic E-state index is 5.66. The number of rotatable bonds is 3. The van der Waals surface area contributed by atoms with Crippen molar-refractivity contribution in [3.63, 3.8) is 0 Å². The van der Waals surface area contributed by atoms with E-state index in [-0.39, 0.29) is 5.60 Å². The predicted molar refractivity (Wildman–Crippen MR) is 55.0 cm³/mol. The van der Waals surface area contributed by atoms with Crippen molar-refractivity contribution in [2.45, 2.75) is 38.8 Å². The highest BCUT2D eigenvalue weighted by Gasteiger charge is 2.14. The van der Waals surface area contributed by atoms with E-state index < -0.39 is 0 Å². The van der Waals surface area contributed by atoms with Crippen LogP contribution in [-0.4, -0.2) is 37.9 Å². The lowest BCUT2D eigenvalue weighted by molar-refractivity contribution is -0.00753. The van der Waals surface area contributed by atoms with Gasteiger partial charge >= 0.3 is 0 Å². The molecule has 1 rings (SSSR count). The number of nitrogens with one attached hydrogen (secondary N) is 2. The van der Waals surface area contributed by atoms with Crippen LogP contribution in [0.3, 0.4) is 0 Å². The summed E-state index contributed by atoms with van der Waals surface area (Å²) >= 11 is 0. The van der Waals surface area contributed by atoms with Gasteiger partial charge < -0.3 is 15.4 Å². The second-order valence-electron chi connectivity index (χ2n) is 4.60. The summed E-state index contributed by atoms with van der Waals surface area (Å²) < 4.78 is 5.66. The zero-order chi connectivity index (χ0) is 9.73. The van der Waals surface area contributed by atoms with Crippen LogP contribution in [0.4, 0.5) is 0 Å². The molecular weight excluding hydrogens is 164 g/mol. The van der Waals surface area contributed by atoms with E-state index in [0.717, 1.165) is 32.7 Å². The monoisotopic (exact) mass is 186 g/mol. The molecule has 1 fully saturated rings. The van der Waals surface area contributed by atoms with Gasteiger partial charge in [-0.25, -0.2) is 0 Å². The summed E-state index contributed by atoms with van der Waals surface area (Å²) in [6.07, 6.45) is 1.10. The van der Waals surface area contributed by atoms with Gasteiger partial charge in [-0.2, -0.15) is 0 Å². The van der Waals surface area contributed by atoms with E-state index in [0.29, 0.717) is 6.04 Å². The molecule has 1 aliphatic heterocycles. The van der Waals surface area contributed by atoms with Gasteiger partial charge in [-0.15, -0.1) is 0 Å². The molecule has 1 atom stereocenters. The van der Waals surface area contributed by atoms with Crippen molar-refractivity contribution in [3.8, 4) is 0 Å². The van der Waals surface area contributed by atoms with Crippen LogP contribution in [0.2, 0.25) is 0 Å². The highest BCUT2D eigenvalue weighted by molar-refractivity contribution is 4.75. The number of piperazine rings is 1. The molecule has 0 spiro atoms. The fourth-order valence-corrected chi connectivity index (χ4v) is 1.42. The van der Waals surface area contributed by atoms with E-state index in [1.165, 1.54) is 0 Å². The molecule has 0 aromatic rings. The van der Waals surface area contributed by atoms with Crippen LogP contribution >= 0.6 is 0 Å². The second kappa shape index (κ2) is 4.94. The maximum atomic E-state index is 5.66. The Labute approximate surface area is 81.2 Å². The first-order chi connectivity index (χ1) is 6.08. The van der Waals surface area contributed by atoms with E-state index in [2.05, 4.69) is 31.4 Å². The van der Waals surface area contributed by atoms with Crippen molar-refractivity contribution in [1.82, 2.24) is 10.6 Å². The third-order valence-electron chi connectivity index (χ3n) is 2.13. The van der Waals surface area contributed by atoms with Crippen molar-refractivity contribution in [3.05, 3.63) is 0 Å². The summed E-state index contributed by atoms with van der Waals surface area (Å²) in [6.45, 7) is 10.4. The van der Waals surface area contributed by atoms with Crippen LogP contribution in [0, 0.1) is 0 Å². The molecule has 3 heteroatoms. The fourth-order valence-electron chi connectivity index (χ4n) is 1.42. The molecule has 0 aromatic carbocycles. The van der Waals surface area contributed by atoms with E-state index >= 15 is 0 Å². The highest BCUT2D eigenvalue weighted by Crippen LogP contribution is 2.07. The Bertz CT molecular complexity index is 136. The van der Waals surface area contributed by atoms with Crippen molar-refractivity contribution in [2.24, 2.45) is 0 Å². The second-order valence-corrected chi connectivity index (χ2v) is 4.60.